The molecule has 9 nitrogen and oxygen atoms in total. The SMILES string of the molecule is Cc1ccc(S(=O)(=O)NCCC(=O)NNC(=S)NCc2ccc3c(c2)OCO3)cc1C. The average Bonchev–Trinajstić information content (AvgIpc) is 3.20. The zero-order chi connectivity index (χ0) is 22.4. The molecule has 1 aliphatic rings. The van der Waals surface area contributed by atoms with E-state index in [1.54, 1.807) is 12.1 Å². The van der Waals surface area contributed by atoms with E-state index in [0.717, 1.165) is 16.7 Å². The Morgan fingerprint density at radius 3 is 2.58 bits per heavy atom. The summed E-state index contributed by atoms with van der Waals surface area (Å²) in [5.74, 6) is 0.967. The predicted octanol–water partition coefficient (Wildman–Crippen LogP) is 1.40. The van der Waals surface area contributed by atoms with Crippen LogP contribution in [0.25, 0.3) is 0 Å². The summed E-state index contributed by atoms with van der Waals surface area (Å²) >= 11 is 5.12. The lowest BCUT2D eigenvalue weighted by molar-refractivity contribution is -0.121. The van der Waals surface area contributed by atoms with Crippen molar-refractivity contribution in [3.63, 3.8) is 0 Å². The van der Waals surface area contributed by atoms with Crippen LogP contribution in [-0.2, 0) is 21.4 Å². The van der Waals surface area contributed by atoms with Gasteiger partial charge in [-0.2, -0.15) is 0 Å². The summed E-state index contributed by atoms with van der Waals surface area (Å²) in [6.07, 6.45) is -0.0537. The molecule has 0 saturated carbocycles. The van der Waals surface area contributed by atoms with E-state index in [0.29, 0.717) is 18.0 Å². The number of ether oxygens (including phenoxy) is 2. The van der Waals surface area contributed by atoms with Gasteiger partial charge in [0.15, 0.2) is 16.6 Å². The first-order chi connectivity index (χ1) is 14.7. The molecule has 0 fully saturated rings. The van der Waals surface area contributed by atoms with Crippen molar-refractivity contribution in [1.29, 1.82) is 0 Å². The lowest BCUT2D eigenvalue weighted by atomic mass is 10.1. The van der Waals surface area contributed by atoms with Crippen LogP contribution < -0.4 is 30.4 Å². The van der Waals surface area contributed by atoms with Crippen molar-refractivity contribution in [2.45, 2.75) is 31.7 Å². The molecule has 0 bridgehead atoms. The number of fused-ring (bicyclic) bond motifs is 1. The van der Waals surface area contributed by atoms with Crippen LogP contribution in [0.4, 0.5) is 0 Å². The van der Waals surface area contributed by atoms with Crippen LogP contribution in [0.15, 0.2) is 41.3 Å². The maximum Gasteiger partial charge on any atom is 0.240 e. The molecule has 3 rings (SSSR count). The molecule has 0 spiro atoms. The molecule has 0 radical (unpaired) electrons. The second-order valence-electron chi connectivity index (χ2n) is 6.94. The van der Waals surface area contributed by atoms with Crippen molar-refractivity contribution in [1.82, 2.24) is 20.9 Å². The summed E-state index contributed by atoms with van der Waals surface area (Å²) in [5, 5.41) is 3.18. The Bertz CT molecular complexity index is 1090. The first kappa shape index (κ1) is 22.8. The topological polar surface area (TPSA) is 118 Å². The molecule has 166 valence electrons. The average molecular weight is 465 g/mol. The monoisotopic (exact) mass is 464 g/mol. The van der Waals surface area contributed by atoms with E-state index in [-0.39, 0.29) is 29.8 Å². The third-order valence-corrected chi connectivity index (χ3v) is 6.34. The summed E-state index contributed by atoms with van der Waals surface area (Å²) in [6, 6.07) is 10.4. The van der Waals surface area contributed by atoms with Gasteiger partial charge in [-0.15, -0.1) is 0 Å². The van der Waals surface area contributed by atoms with Gasteiger partial charge in [0.1, 0.15) is 0 Å². The van der Waals surface area contributed by atoms with Crippen LogP contribution in [0, 0.1) is 13.8 Å². The van der Waals surface area contributed by atoms with Crippen LogP contribution in [-0.4, -0.2) is 32.8 Å². The van der Waals surface area contributed by atoms with Gasteiger partial charge < -0.3 is 14.8 Å². The number of hydrazine groups is 1. The van der Waals surface area contributed by atoms with Crippen molar-refractivity contribution < 1.29 is 22.7 Å². The first-order valence-corrected chi connectivity index (χ1v) is 11.4. The number of hydrogen-bond acceptors (Lipinski definition) is 6. The molecule has 0 saturated heterocycles. The summed E-state index contributed by atoms with van der Waals surface area (Å²) in [5.41, 5.74) is 7.84. The first-order valence-electron chi connectivity index (χ1n) is 9.53. The minimum atomic E-state index is -3.68. The fraction of sp³-hybridized carbons (Fsp3) is 0.300. The molecule has 2 aromatic rings. The van der Waals surface area contributed by atoms with Gasteiger partial charge in [-0.25, -0.2) is 13.1 Å². The molecule has 0 unspecified atom stereocenters. The molecule has 1 aliphatic heterocycles. The summed E-state index contributed by atoms with van der Waals surface area (Å²) in [4.78, 5) is 12.1. The van der Waals surface area contributed by atoms with Crippen molar-refractivity contribution in [2.75, 3.05) is 13.3 Å². The Morgan fingerprint density at radius 2 is 1.81 bits per heavy atom. The number of aryl methyl sites for hydroxylation is 2. The van der Waals surface area contributed by atoms with Gasteiger partial charge in [-0.1, -0.05) is 12.1 Å². The lowest BCUT2D eigenvalue weighted by Crippen LogP contribution is -2.47. The van der Waals surface area contributed by atoms with Gasteiger partial charge in [-0.05, 0) is 67.0 Å². The number of sulfonamides is 1. The third-order valence-electron chi connectivity index (χ3n) is 4.64. The normalized spacial score (nSPS) is 12.3. The van der Waals surface area contributed by atoms with E-state index in [2.05, 4.69) is 20.9 Å². The number of thiocarbonyl (C=S) groups is 1. The molecule has 1 heterocycles. The van der Waals surface area contributed by atoms with Gasteiger partial charge in [-0.3, -0.25) is 15.6 Å². The molecule has 0 aliphatic carbocycles. The van der Waals surface area contributed by atoms with E-state index in [9.17, 15) is 13.2 Å². The number of hydrogen-bond donors (Lipinski definition) is 4. The Hall–Kier alpha value is -2.89. The fourth-order valence-corrected chi connectivity index (χ4v) is 3.97. The molecule has 0 aromatic heterocycles. The number of rotatable bonds is 7. The second-order valence-corrected chi connectivity index (χ2v) is 9.11. The van der Waals surface area contributed by atoms with Crippen LogP contribution in [0.3, 0.4) is 0 Å². The van der Waals surface area contributed by atoms with E-state index in [1.807, 2.05) is 32.0 Å². The van der Waals surface area contributed by atoms with Crippen molar-refractivity contribution >= 4 is 33.3 Å². The minimum Gasteiger partial charge on any atom is -0.454 e. The van der Waals surface area contributed by atoms with E-state index in [4.69, 9.17) is 21.7 Å². The minimum absolute atomic E-state index is 0.0415. The lowest BCUT2D eigenvalue weighted by Gasteiger charge is -2.12. The maximum absolute atomic E-state index is 12.3. The molecule has 2 aromatic carbocycles. The number of carbonyl (C=O) groups is 1. The Balaban J connectivity index is 1.36. The quantitative estimate of drug-likeness (QED) is 0.359. The highest BCUT2D eigenvalue weighted by atomic mass is 32.2. The second kappa shape index (κ2) is 9.94. The third kappa shape index (κ3) is 6.29. The van der Waals surface area contributed by atoms with Gasteiger partial charge >= 0.3 is 0 Å². The highest BCUT2D eigenvalue weighted by Gasteiger charge is 2.15. The number of nitrogens with one attached hydrogen (secondary N) is 4. The standard InChI is InChI=1S/C20H24N4O5S2/c1-13-3-5-16(9-14(13)2)31(26,27)22-8-7-19(25)23-24-20(30)21-11-15-4-6-17-18(10-15)29-12-28-17/h3-6,9-10,22H,7-8,11-12H2,1-2H3,(H,23,25)(H2,21,24,30). The highest BCUT2D eigenvalue weighted by Crippen LogP contribution is 2.32. The van der Waals surface area contributed by atoms with Gasteiger partial charge in [0.2, 0.25) is 22.7 Å². The Morgan fingerprint density at radius 1 is 1.03 bits per heavy atom. The summed E-state index contributed by atoms with van der Waals surface area (Å²) < 4.78 is 37.7. The summed E-state index contributed by atoms with van der Waals surface area (Å²) in [6.45, 7) is 4.34. The van der Waals surface area contributed by atoms with E-state index >= 15 is 0 Å². The van der Waals surface area contributed by atoms with Crippen molar-refractivity contribution in [2.24, 2.45) is 0 Å². The number of amides is 1. The highest BCUT2D eigenvalue weighted by molar-refractivity contribution is 7.89. The molecule has 11 heteroatoms. The predicted molar refractivity (Wildman–Crippen MR) is 119 cm³/mol. The Kier molecular flexibility index (Phi) is 7.31. The summed E-state index contributed by atoms with van der Waals surface area (Å²) in [7, 11) is -3.68. The molecule has 4 N–H and O–H groups in total. The smallest absolute Gasteiger partial charge is 0.240 e. The Labute approximate surface area is 186 Å². The molecular formula is C20H24N4O5S2. The fourth-order valence-electron chi connectivity index (χ4n) is 2.73. The van der Waals surface area contributed by atoms with Crippen molar-refractivity contribution in [3.8, 4) is 11.5 Å². The van der Waals surface area contributed by atoms with Crippen LogP contribution >= 0.6 is 12.2 Å². The van der Waals surface area contributed by atoms with Gasteiger partial charge in [0, 0.05) is 19.5 Å². The van der Waals surface area contributed by atoms with Gasteiger partial charge in [0.25, 0.3) is 0 Å². The van der Waals surface area contributed by atoms with Gasteiger partial charge in [0.05, 0.1) is 4.90 Å². The largest absolute Gasteiger partial charge is 0.454 e. The number of benzene rings is 2. The van der Waals surface area contributed by atoms with Crippen molar-refractivity contribution in [3.05, 3.63) is 53.1 Å². The molecule has 0 atom stereocenters. The van der Waals surface area contributed by atoms with E-state index < -0.39 is 15.9 Å². The zero-order valence-electron chi connectivity index (χ0n) is 17.2. The van der Waals surface area contributed by atoms with E-state index in [1.165, 1.54) is 6.07 Å². The van der Waals surface area contributed by atoms with Crippen LogP contribution in [0.2, 0.25) is 0 Å². The van der Waals surface area contributed by atoms with Crippen LogP contribution in [0.1, 0.15) is 23.1 Å². The van der Waals surface area contributed by atoms with Crippen LogP contribution in [0.5, 0.6) is 11.5 Å². The molecule has 1 amide bonds. The maximum atomic E-state index is 12.3. The molecular weight excluding hydrogens is 440 g/mol. The number of carbonyl (C=O) groups excluding carboxylic acids is 1. The molecule has 31 heavy (non-hydrogen) atoms. The zero-order valence-corrected chi connectivity index (χ0v) is 18.8.